The van der Waals surface area contributed by atoms with Crippen LogP contribution in [0.4, 0.5) is 5.69 Å². The van der Waals surface area contributed by atoms with Crippen molar-refractivity contribution in [3.05, 3.63) is 48.5 Å². The van der Waals surface area contributed by atoms with Gasteiger partial charge < -0.3 is 14.6 Å². The van der Waals surface area contributed by atoms with Crippen molar-refractivity contribution in [1.82, 2.24) is 10.1 Å². The molecule has 2 aromatic carbocycles. The molecule has 1 amide bonds. The molecular weight excluding hydrogens is 330 g/mol. The van der Waals surface area contributed by atoms with Crippen molar-refractivity contribution in [3.63, 3.8) is 0 Å². The maximum absolute atomic E-state index is 11.8. The second-order valence-corrected chi connectivity index (χ2v) is 6.38. The molecule has 0 bridgehead atoms. The monoisotopic (exact) mass is 351 g/mol. The topological polar surface area (TPSA) is 77.3 Å². The number of carbonyl (C=O) groups excluding carboxylic acids is 1. The van der Waals surface area contributed by atoms with Crippen molar-refractivity contribution >= 4 is 11.6 Å². The minimum atomic E-state index is 0.00679. The highest BCUT2D eigenvalue weighted by Gasteiger charge is 2.11. The predicted molar refractivity (Wildman–Crippen MR) is 99.8 cm³/mol. The number of hydrogen-bond acceptors (Lipinski definition) is 5. The number of hydrogen-bond donors (Lipinski definition) is 1. The van der Waals surface area contributed by atoms with Crippen LogP contribution in [0.5, 0.6) is 5.75 Å². The Bertz CT molecular complexity index is 868. The fourth-order valence-electron chi connectivity index (χ4n) is 2.48. The largest absolute Gasteiger partial charge is 0.497 e. The maximum atomic E-state index is 11.8. The lowest BCUT2D eigenvalue weighted by atomic mass is 10.1. The molecule has 6 nitrogen and oxygen atoms in total. The zero-order valence-corrected chi connectivity index (χ0v) is 15.0. The van der Waals surface area contributed by atoms with E-state index in [0.29, 0.717) is 24.1 Å². The van der Waals surface area contributed by atoms with Gasteiger partial charge in [0.25, 0.3) is 5.89 Å². The molecule has 0 aliphatic carbocycles. The zero-order valence-electron chi connectivity index (χ0n) is 15.0. The van der Waals surface area contributed by atoms with Crippen LogP contribution >= 0.6 is 0 Å². The Balaban J connectivity index is 1.71. The molecule has 3 rings (SSSR count). The summed E-state index contributed by atoms with van der Waals surface area (Å²) in [4.78, 5) is 16.3. The maximum Gasteiger partial charge on any atom is 0.258 e. The minimum Gasteiger partial charge on any atom is -0.497 e. The van der Waals surface area contributed by atoms with Crippen LogP contribution in [-0.2, 0) is 4.79 Å². The molecule has 0 radical (unpaired) electrons. The van der Waals surface area contributed by atoms with Crippen molar-refractivity contribution in [2.75, 3.05) is 12.4 Å². The Labute approximate surface area is 152 Å². The lowest BCUT2D eigenvalue weighted by Crippen LogP contribution is -2.13. The number of nitrogens with zero attached hydrogens (tertiary/aromatic N) is 2. The first kappa shape index (κ1) is 17.7. The van der Waals surface area contributed by atoms with Crippen LogP contribution in [0.3, 0.4) is 0 Å². The van der Waals surface area contributed by atoms with Gasteiger partial charge in [0.15, 0.2) is 0 Å². The van der Waals surface area contributed by atoms with E-state index in [1.54, 1.807) is 7.11 Å². The average Bonchev–Trinajstić information content (AvgIpc) is 3.12. The fraction of sp³-hybridized carbons (Fsp3) is 0.250. The number of benzene rings is 2. The predicted octanol–water partition coefficient (Wildman–Crippen LogP) is 4.40. The van der Waals surface area contributed by atoms with E-state index >= 15 is 0 Å². The van der Waals surface area contributed by atoms with Crippen LogP contribution in [0.25, 0.3) is 22.8 Å². The van der Waals surface area contributed by atoms with Gasteiger partial charge in [0.05, 0.1) is 7.11 Å². The van der Waals surface area contributed by atoms with Gasteiger partial charge >= 0.3 is 0 Å². The van der Waals surface area contributed by atoms with Crippen molar-refractivity contribution < 1.29 is 14.1 Å². The molecule has 26 heavy (non-hydrogen) atoms. The Hall–Kier alpha value is -3.15. The summed E-state index contributed by atoms with van der Waals surface area (Å²) in [6, 6.07) is 14.8. The zero-order chi connectivity index (χ0) is 18.5. The number of anilines is 1. The van der Waals surface area contributed by atoms with Crippen LogP contribution in [0.1, 0.15) is 20.3 Å². The normalized spacial score (nSPS) is 10.8. The number of aromatic nitrogens is 2. The number of amides is 1. The molecule has 3 aromatic rings. The highest BCUT2D eigenvalue weighted by molar-refractivity contribution is 5.91. The number of ether oxygens (including phenoxy) is 1. The summed E-state index contributed by atoms with van der Waals surface area (Å²) in [5, 5.41) is 6.90. The van der Waals surface area contributed by atoms with Gasteiger partial charge in [-0.2, -0.15) is 4.98 Å². The van der Waals surface area contributed by atoms with Crippen LogP contribution in [0, 0.1) is 5.92 Å². The van der Waals surface area contributed by atoms with Crippen molar-refractivity contribution in [1.29, 1.82) is 0 Å². The van der Waals surface area contributed by atoms with Gasteiger partial charge in [0, 0.05) is 23.2 Å². The molecule has 134 valence electrons. The van der Waals surface area contributed by atoms with Crippen LogP contribution < -0.4 is 10.1 Å². The van der Waals surface area contributed by atoms with Gasteiger partial charge in [-0.3, -0.25) is 4.79 Å². The molecule has 0 spiro atoms. The van der Waals surface area contributed by atoms with E-state index in [1.807, 2.05) is 62.4 Å². The molecule has 0 atom stereocenters. The Morgan fingerprint density at radius 1 is 1.08 bits per heavy atom. The van der Waals surface area contributed by atoms with Crippen LogP contribution in [-0.4, -0.2) is 23.2 Å². The molecule has 0 aliphatic rings. The van der Waals surface area contributed by atoms with Gasteiger partial charge in [0.1, 0.15) is 5.75 Å². The lowest BCUT2D eigenvalue weighted by Gasteiger charge is -2.07. The lowest BCUT2D eigenvalue weighted by molar-refractivity contribution is -0.116. The molecule has 0 aliphatic heterocycles. The summed E-state index contributed by atoms with van der Waals surface area (Å²) in [6.07, 6.45) is 0.497. The summed E-state index contributed by atoms with van der Waals surface area (Å²) >= 11 is 0. The fourth-order valence-corrected chi connectivity index (χ4v) is 2.48. The third-order valence-electron chi connectivity index (χ3n) is 3.78. The quantitative estimate of drug-likeness (QED) is 0.712. The first-order valence-electron chi connectivity index (χ1n) is 8.43. The number of carbonyl (C=O) groups is 1. The molecule has 0 unspecified atom stereocenters. The highest BCUT2D eigenvalue weighted by Crippen LogP contribution is 2.25. The molecular formula is C20H21N3O3. The summed E-state index contributed by atoms with van der Waals surface area (Å²) in [5.41, 5.74) is 2.38. The Morgan fingerprint density at radius 3 is 2.35 bits per heavy atom. The van der Waals surface area contributed by atoms with E-state index < -0.39 is 0 Å². The first-order chi connectivity index (χ1) is 12.5. The SMILES string of the molecule is COc1ccc(-c2noc(-c3ccc(NC(=O)CC(C)C)cc3)n2)cc1. The summed E-state index contributed by atoms with van der Waals surface area (Å²) in [6.45, 7) is 4.03. The van der Waals surface area contributed by atoms with Crippen molar-refractivity contribution in [3.8, 4) is 28.6 Å². The molecule has 0 saturated carbocycles. The van der Waals surface area contributed by atoms with Crippen LogP contribution in [0.15, 0.2) is 53.1 Å². The van der Waals surface area contributed by atoms with Crippen molar-refractivity contribution in [2.45, 2.75) is 20.3 Å². The molecule has 1 N–H and O–H groups in total. The Kier molecular flexibility index (Phi) is 5.31. The average molecular weight is 351 g/mol. The minimum absolute atomic E-state index is 0.00679. The van der Waals surface area contributed by atoms with E-state index in [4.69, 9.17) is 9.26 Å². The first-order valence-corrected chi connectivity index (χ1v) is 8.43. The highest BCUT2D eigenvalue weighted by atomic mass is 16.5. The van der Waals surface area contributed by atoms with Crippen LogP contribution in [0.2, 0.25) is 0 Å². The van der Waals surface area contributed by atoms with E-state index in [-0.39, 0.29) is 5.91 Å². The van der Waals surface area contributed by atoms with E-state index in [2.05, 4.69) is 15.5 Å². The van der Waals surface area contributed by atoms with E-state index in [1.165, 1.54) is 0 Å². The van der Waals surface area contributed by atoms with Gasteiger partial charge in [0.2, 0.25) is 11.7 Å². The standard InChI is InChI=1S/C20H21N3O3/c1-13(2)12-18(24)21-16-8-4-15(5-9-16)20-22-19(23-26-20)14-6-10-17(25-3)11-7-14/h4-11,13H,12H2,1-3H3,(H,21,24). The van der Waals surface area contributed by atoms with Gasteiger partial charge in [-0.15, -0.1) is 0 Å². The Morgan fingerprint density at radius 2 is 1.73 bits per heavy atom. The van der Waals surface area contributed by atoms with E-state index in [9.17, 15) is 4.79 Å². The second-order valence-electron chi connectivity index (χ2n) is 6.38. The third kappa shape index (κ3) is 4.27. The summed E-state index contributed by atoms with van der Waals surface area (Å²) in [5.74, 6) is 2.04. The number of rotatable bonds is 6. The van der Waals surface area contributed by atoms with Gasteiger partial charge in [-0.25, -0.2) is 0 Å². The smallest absolute Gasteiger partial charge is 0.258 e. The molecule has 1 heterocycles. The van der Waals surface area contributed by atoms with Gasteiger partial charge in [-0.05, 0) is 54.4 Å². The third-order valence-corrected chi connectivity index (χ3v) is 3.78. The molecule has 1 aromatic heterocycles. The second kappa shape index (κ2) is 7.82. The van der Waals surface area contributed by atoms with E-state index in [0.717, 1.165) is 22.6 Å². The molecule has 6 heteroatoms. The number of methoxy groups -OCH3 is 1. The summed E-state index contributed by atoms with van der Waals surface area (Å²) < 4.78 is 10.5. The number of nitrogens with one attached hydrogen (secondary N) is 1. The summed E-state index contributed by atoms with van der Waals surface area (Å²) in [7, 11) is 1.62. The van der Waals surface area contributed by atoms with Gasteiger partial charge in [-0.1, -0.05) is 19.0 Å². The molecule has 0 fully saturated rings. The van der Waals surface area contributed by atoms with Crippen molar-refractivity contribution in [2.24, 2.45) is 5.92 Å². The molecule has 0 saturated heterocycles.